The molecule has 0 aliphatic rings. The molecule has 3 heteroatoms. The molecule has 0 spiro atoms. The molecule has 108 valence electrons. The lowest BCUT2D eigenvalue weighted by atomic mass is 10.1. The van der Waals surface area contributed by atoms with Crippen molar-refractivity contribution in [3.8, 4) is 5.75 Å². The van der Waals surface area contributed by atoms with Gasteiger partial charge in [0, 0.05) is 21.8 Å². The second-order valence-electron chi connectivity index (χ2n) is 5.04. The van der Waals surface area contributed by atoms with Crippen molar-refractivity contribution in [3.05, 3.63) is 51.7 Å². The molecule has 2 nitrogen and oxygen atoms in total. The summed E-state index contributed by atoms with van der Waals surface area (Å²) in [6.07, 6.45) is 1.11. The van der Waals surface area contributed by atoms with Gasteiger partial charge in [0.2, 0.25) is 0 Å². The maximum atomic E-state index is 5.29. The van der Waals surface area contributed by atoms with Gasteiger partial charge in [0.1, 0.15) is 5.75 Å². The van der Waals surface area contributed by atoms with Crippen LogP contribution in [-0.2, 0) is 6.42 Å². The molecule has 20 heavy (non-hydrogen) atoms. The normalized spacial score (nSPS) is 14.0. The highest BCUT2D eigenvalue weighted by Crippen LogP contribution is 2.27. The van der Waals surface area contributed by atoms with Crippen molar-refractivity contribution >= 4 is 11.3 Å². The van der Waals surface area contributed by atoms with Crippen LogP contribution in [0, 0.1) is 0 Å². The van der Waals surface area contributed by atoms with Crippen LogP contribution in [0.4, 0.5) is 0 Å². The molecule has 0 aliphatic carbocycles. The van der Waals surface area contributed by atoms with Gasteiger partial charge >= 0.3 is 0 Å². The summed E-state index contributed by atoms with van der Waals surface area (Å²) in [5.41, 5.74) is 1.25. The molecule has 0 saturated heterocycles. The zero-order valence-electron chi connectivity index (χ0n) is 12.6. The second-order valence-corrected chi connectivity index (χ2v) is 6.24. The molecule has 0 saturated carbocycles. The molecule has 1 N–H and O–H groups in total. The smallest absolute Gasteiger partial charge is 0.119 e. The summed E-state index contributed by atoms with van der Waals surface area (Å²) in [6, 6.07) is 13.4. The van der Waals surface area contributed by atoms with Crippen molar-refractivity contribution in [2.24, 2.45) is 0 Å². The van der Waals surface area contributed by atoms with E-state index in [0.29, 0.717) is 12.1 Å². The number of benzene rings is 1. The van der Waals surface area contributed by atoms with Crippen molar-refractivity contribution in [1.29, 1.82) is 0 Å². The average molecular weight is 289 g/mol. The number of methoxy groups -OCH3 is 1. The van der Waals surface area contributed by atoms with Crippen molar-refractivity contribution in [2.45, 2.75) is 39.3 Å². The Bertz CT molecular complexity index is 549. The summed E-state index contributed by atoms with van der Waals surface area (Å²) in [5.74, 6) is 0.910. The zero-order chi connectivity index (χ0) is 14.5. The average Bonchev–Trinajstić information content (AvgIpc) is 2.96. The molecule has 0 fully saturated rings. The molecule has 1 aromatic carbocycles. The van der Waals surface area contributed by atoms with E-state index in [9.17, 15) is 0 Å². The van der Waals surface area contributed by atoms with E-state index in [1.807, 2.05) is 23.5 Å². The molecule has 0 radical (unpaired) electrons. The van der Waals surface area contributed by atoms with Gasteiger partial charge in [0.05, 0.1) is 7.11 Å². The van der Waals surface area contributed by atoms with Gasteiger partial charge in [0.15, 0.2) is 0 Å². The van der Waals surface area contributed by atoms with E-state index in [2.05, 4.69) is 50.4 Å². The van der Waals surface area contributed by atoms with E-state index >= 15 is 0 Å². The lowest BCUT2D eigenvalue weighted by Gasteiger charge is -2.20. The quantitative estimate of drug-likeness (QED) is 0.830. The topological polar surface area (TPSA) is 21.3 Å². The van der Waals surface area contributed by atoms with Gasteiger partial charge in [-0.1, -0.05) is 19.1 Å². The summed E-state index contributed by atoms with van der Waals surface area (Å²) in [5, 5.41) is 3.66. The number of hydrogen-bond acceptors (Lipinski definition) is 3. The highest BCUT2D eigenvalue weighted by molar-refractivity contribution is 7.12. The number of ether oxygens (including phenoxy) is 1. The SMILES string of the molecule is CCc1ccc(C(C)N[C@H](C)c2cccc(OC)c2)s1. The van der Waals surface area contributed by atoms with Crippen LogP contribution >= 0.6 is 11.3 Å². The molecule has 2 aromatic rings. The Morgan fingerprint density at radius 2 is 1.95 bits per heavy atom. The number of rotatable bonds is 6. The third-order valence-corrected chi connectivity index (χ3v) is 4.96. The van der Waals surface area contributed by atoms with Gasteiger partial charge < -0.3 is 10.1 Å². The van der Waals surface area contributed by atoms with Gasteiger partial charge in [-0.25, -0.2) is 0 Å². The summed E-state index contributed by atoms with van der Waals surface area (Å²) in [6.45, 7) is 6.62. The molecule has 0 bridgehead atoms. The molecular formula is C17H23NOS. The third kappa shape index (κ3) is 3.62. The van der Waals surface area contributed by atoms with Gasteiger partial charge in [-0.2, -0.15) is 0 Å². The zero-order valence-corrected chi connectivity index (χ0v) is 13.5. The number of thiophene rings is 1. The van der Waals surface area contributed by atoms with Crippen molar-refractivity contribution < 1.29 is 4.74 Å². The molecule has 2 rings (SSSR count). The predicted octanol–water partition coefficient (Wildman–Crippen LogP) is 4.73. The standard InChI is InChI=1S/C17H23NOS/c1-5-16-9-10-17(20-16)13(3)18-12(2)14-7-6-8-15(11-14)19-4/h6-13,18H,5H2,1-4H3/t12-,13?/m1/s1. The van der Waals surface area contributed by atoms with Crippen LogP contribution in [0.5, 0.6) is 5.75 Å². The molecular weight excluding hydrogens is 266 g/mol. The number of nitrogens with one attached hydrogen (secondary N) is 1. The highest BCUT2D eigenvalue weighted by Gasteiger charge is 2.13. The second kappa shape index (κ2) is 6.91. The van der Waals surface area contributed by atoms with Crippen LogP contribution in [0.3, 0.4) is 0 Å². The van der Waals surface area contributed by atoms with E-state index < -0.39 is 0 Å². The molecule has 1 aromatic heterocycles. The third-order valence-electron chi connectivity index (χ3n) is 3.55. The maximum Gasteiger partial charge on any atom is 0.119 e. The Balaban J connectivity index is 2.04. The van der Waals surface area contributed by atoms with Gasteiger partial charge in [-0.05, 0) is 50.1 Å². The highest BCUT2D eigenvalue weighted by atomic mass is 32.1. The minimum absolute atomic E-state index is 0.298. The monoisotopic (exact) mass is 289 g/mol. The van der Waals surface area contributed by atoms with Crippen LogP contribution in [0.15, 0.2) is 36.4 Å². The first-order chi connectivity index (χ1) is 9.63. The van der Waals surface area contributed by atoms with Crippen LogP contribution in [0.25, 0.3) is 0 Å². The van der Waals surface area contributed by atoms with E-state index in [-0.39, 0.29) is 0 Å². The Labute approximate surface area is 125 Å². The molecule has 1 heterocycles. The van der Waals surface area contributed by atoms with Gasteiger partial charge in [-0.15, -0.1) is 11.3 Å². The fourth-order valence-corrected chi connectivity index (χ4v) is 3.25. The van der Waals surface area contributed by atoms with Gasteiger partial charge in [0.25, 0.3) is 0 Å². The van der Waals surface area contributed by atoms with Gasteiger partial charge in [-0.3, -0.25) is 0 Å². The minimum Gasteiger partial charge on any atom is -0.497 e. The van der Waals surface area contributed by atoms with E-state index in [1.54, 1.807) is 7.11 Å². The van der Waals surface area contributed by atoms with Crippen LogP contribution < -0.4 is 10.1 Å². The van der Waals surface area contributed by atoms with Crippen LogP contribution in [0.2, 0.25) is 0 Å². The first-order valence-corrected chi connectivity index (χ1v) is 7.94. The minimum atomic E-state index is 0.298. The fourth-order valence-electron chi connectivity index (χ4n) is 2.28. The summed E-state index contributed by atoms with van der Waals surface area (Å²) in [4.78, 5) is 2.85. The Morgan fingerprint density at radius 3 is 2.60 bits per heavy atom. The Hall–Kier alpha value is -1.32. The Morgan fingerprint density at radius 1 is 1.15 bits per heavy atom. The molecule has 2 atom stereocenters. The van der Waals surface area contributed by atoms with Crippen LogP contribution in [0.1, 0.15) is 48.2 Å². The fraction of sp³-hybridized carbons (Fsp3) is 0.412. The van der Waals surface area contributed by atoms with Crippen molar-refractivity contribution in [3.63, 3.8) is 0 Å². The predicted molar refractivity (Wildman–Crippen MR) is 86.7 cm³/mol. The lowest BCUT2D eigenvalue weighted by molar-refractivity contribution is 0.412. The van der Waals surface area contributed by atoms with Crippen molar-refractivity contribution in [1.82, 2.24) is 5.32 Å². The molecule has 0 amide bonds. The maximum absolute atomic E-state index is 5.29. The van der Waals surface area contributed by atoms with E-state index in [0.717, 1.165) is 12.2 Å². The number of aryl methyl sites for hydroxylation is 1. The van der Waals surface area contributed by atoms with Crippen molar-refractivity contribution in [2.75, 3.05) is 7.11 Å². The summed E-state index contributed by atoms with van der Waals surface area (Å²) < 4.78 is 5.29. The number of hydrogen-bond donors (Lipinski definition) is 1. The first-order valence-electron chi connectivity index (χ1n) is 7.12. The van der Waals surface area contributed by atoms with E-state index in [4.69, 9.17) is 4.74 Å². The first kappa shape index (κ1) is 15.1. The molecule has 1 unspecified atom stereocenters. The summed E-state index contributed by atoms with van der Waals surface area (Å²) in [7, 11) is 1.71. The van der Waals surface area contributed by atoms with Crippen LogP contribution in [-0.4, -0.2) is 7.11 Å². The summed E-state index contributed by atoms with van der Waals surface area (Å²) >= 11 is 1.90. The Kier molecular flexibility index (Phi) is 5.21. The largest absolute Gasteiger partial charge is 0.497 e. The van der Waals surface area contributed by atoms with E-state index in [1.165, 1.54) is 15.3 Å². The lowest BCUT2D eigenvalue weighted by Crippen LogP contribution is -2.21. The molecule has 0 aliphatic heterocycles.